The Hall–Kier alpha value is -0.340. The van der Waals surface area contributed by atoms with E-state index in [1.54, 1.807) is 0 Å². The van der Waals surface area contributed by atoms with Gasteiger partial charge in [0.15, 0.2) is 0 Å². The van der Waals surface area contributed by atoms with Crippen LogP contribution in [0.15, 0.2) is 22.7 Å². The maximum atomic E-state index is 5.52. The molecular weight excluding hydrogens is 214 g/mol. The lowest BCUT2D eigenvalue weighted by Gasteiger charge is -2.06. The van der Waals surface area contributed by atoms with Crippen LogP contribution in [-0.2, 0) is 12.8 Å². The third kappa shape index (κ3) is 2.32. The van der Waals surface area contributed by atoms with Gasteiger partial charge in [0.05, 0.1) is 0 Å². The summed E-state index contributed by atoms with van der Waals surface area (Å²) in [5, 5.41) is 0. The molecule has 0 radical (unpaired) electrons. The van der Waals surface area contributed by atoms with Crippen LogP contribution in [0.3, 0.4) is 0 Å². The molecule has 0 saturated heterocycles. The number of rotatable bonds is 3. The summed E-state index contributed by atoms with van der Waals surface area (Å²) in [5.74, 6) is 0. The summed E-state index contributed by atoms with van der Waals surface area (Å²) >= 11 is 3.45. The van der Waals surface area contributed by atoms with Gasteiger partial charge in [-0.25, -0.2) is 0 Å². The Morgan fingerprint density at radius 1 is 1.33 bits per heavy atom. The van der Waals surface area contributed by atoms with Gasteiger partial charge in [-0.1, -0.05) is 28.9 Å². The van der Waals surface area contributed by atoms with Gasteiger partial charge in [-0.3, -0.25) is 0 Å². The number of halogens is 1. The molecule has 12 heavy (non-hydrogen) atoms. The van der Waals surface area contributed by atoms with Gasteiger partial charge in [0.25, 0.3) is 0 Å². The zero-order valence-electron chi connectivity index (χ0n) is 7.31. The molecular formula is C10H14BrN. The van der Waals surface area contributed by atoms with Crippen molar-refractivity contribution in [2.24, 2.45) is 5.73 Å². The van der Waals surface area contributed by atoms with Gasteiger partial charge in [0.1, 0.15) is 0 Å². The molecule has 2 heteroatoms. The predicted octanol–water partition coefficient (Wildman–Crippen LogP) is 2.51. The molecule has 0 amide bonds. The number of aryl methyl sites for hydroxylation is 1. The van der Waals surface area contributed by atoms with E-state index in [4.69, 9.17) is 5.73 Å². The van der Waals surface area contributed by atoms with Crippen molar-refractivity contribution >= 4 is 15.9 Å². The smallest absolute Gasteiger partial charge is 0.0178 e. The molecule has 0 atom stereocenters. The van der Waals surface area contributed by atoms with E-state index in [1.165, 1.54) is 11.1 Å². The number of benzene rings is 1. The molecule has 0 spiro atoms. The Kier molecular flexibility index (Phi) is 3.76. The zero-order valence-corrected chi connectivity index (χ0v) is 8.89. The van der Waals surface area contributed by atoms with E-state index in [0.717, 1.165) is 23.9 Å². The molecule has 66 valence electrons. The van der Waals surface area contributed by atoms with Crippen LogP contribution in [0.4, 0.5) is 0 Å². The highest BCUT2D eigenvalue weighted by Crippen LogP contribution is 2.17. The topological polar surface area (TPSA) is 26.0 Å². The molecule has 1 aromatic rings. The van der Waals surface area contributed by atoms with Gasteiger partial charge < -0.3 is 5.73 Å². The Bertz CT molecular complexity index is 258. The molecule has 0 aliphatic rings. The lowest BCUT2D eigenvalue weighted by molar-refractivity contribution is 0.938. The lowest BCUT2D eigenvalue weighted by atomic mass is 10.0. The third-order valence-electron chi connectivity index (χ3n) is 1.96. The molecule has 1 rings (SSSR count). The van der Waals surface area contributed by atoms with Gasteiger partial charge in [-0.2, -0.15) is 0 Å². The Morgan fingerprint density at radius 3 is 2.67 bits per heavy atom. The minimum atomic E-state index is 0.726. The van der Waals surface area contributed by atoms with Crippen LogP contribution in [0, 0.1) is 0 Å². The molecule has 0 saturated carbocycles. The Labute approximate surface area is 82.1 Å². The lowest BCUT2D eigenvalue weighted by Crippen LogP contribution is -2.04. The standard InChI is InChI=1S/C10H14BrN/c1-2-8-3-4-10(11)7-9(8)5-6-12/h3-4,7H,2,5-6,12H2,1H3. The Balaban J connectivity index is 2.95. The molecule has 0 aromatic heterocycles. The molecule has 0 aliphatic heterocycles. The van der Waals surface area contributed by atoms with E-state index in [0.29, 0.717) is 0 Å². The summed E-state index contributed by atoms with van der Waals surface area (Å²) in [7, 11) is 0. The normalized spacial score (nSPS) is 10.2. The summed E-state index contributed by atoms with van der Waals surface area (Å²) < 4.78 is 1.14. The van der Waals surface area contributed by atoms with E-state index < -0.39 is 0 Å². The van der Waals surface area contributed by atoms with Crippen LogP contribution in [0.1, 0.15) is 18.1 Å². The predicted molar refractivity (Wildman–Crippen MR) is 56.3 cm³/mol. The van der Waals surface area contributed by atoms with Crippen molar-refractivity contribution in [2.45, 2.75) is 19.8 Å². The fourth-order valence-corrected chi connectivity index (χ4v) is 1.74. The fourth-order valence-electron chi connectivity index (χ4n) is 1.33. The van der Waals surface area contributed by atoms with Crippen molar-refractivity contribution in [3.05, 3.63) is 33.8 Å². The summed E-state index contributed by atoms with van der Waals surface area (Å²) in [6.45, 7) is 2.90. The highest BCUT2D eigenvalue weighted by molar-refractivity contribution is 9.10. The Morgan fingerprint density at radius 2 is 2.08 bits per heavy atom. The summed E-state index contributed by atoms with van der Waals surface area (Å²) in [6, 6.07) is 6.40. The molecule has 0 bridgehead atoms. The van der Waals surface area contributed by atoms with Gasteiger partial charge >= 0.3 is 0 Å². The quantitative estimate of drug-likeness (QED) is 0.845. The SMILES string of the molecule is CCc1ccc(Br)cc1CCN. The molecule has 0 fully saturated rings. The van der Waals surface area contributed by atoms with Crippen LogP contribution in [0.25, 0.3) is 0 Å². The molecule has 0 unspecified atom stereocenters. The van der Waals surface area contributed by atoms with Crippen molar-refractivity contribution in [3.63, 3.8) is 0 Å². The minimum absolute atomic E-state index is 0.726. The van der Waals surface area contributed by atoms with Crippen LogP contribution in [0.5, 0.6) is 0 Å². The number of hydrogen-bond donors (Lipinski definition) is 1. The van der Waals surface area contributed by atoms with Crippen molar-refractivity contribution in [2.75, 3.05) is 6.54 Å². The first kappa shape index (κ1) is 9.75. The van der Waals surface area contributed by atoms with Gasteiger partial charge in [-0.05, 0) is 42.6 Å². The monoisotopic (exact) mass is 227 g/mol. The van der Waals surface area contributed by atoms with Crippen molar-refractivity contribution < 1.29 is 0 Å². The summed E-state index contributed by atoms with van der Waals surface area (Å²) in [5.41, 5.74) is 8.29. The van der Waals surface area contributed by atoms with Gasteiger partial charge in [0.2, 0.25) is 0 Å². The van der Waals surface area contributed by atoms with E-state index in [9.17, 15) is 0 Å². The second-order valence-corrected chi connectivity index (χ2v) is 3.72. The highest BCUT2D eigenvalue weighted by atomic mass is 79.9. The van der Waals surface area contributed by atoms with E-state index in [-0.39, 0.29) is 0 Å². The van der Waals surface area contributed by atoms with Crippen LogP contribution >= 0.6 is 15.9 Å². The van der Waals surface area contributed by atoms with E-state index >= 15 is 0 Å². The first-order valence-corrected chi connectivity index (χ1v) is 5.04. The number of hydrogen-bond acceptors (Lipinski definition) is 1. The van der Waals surface area contributed by atoms with Gasteiger partial charge in [0, 0.05) is 4.47 Å². The molecule has 1 aromatic carbocycles. The maximum Gasteiger partial charge on any atom is 0.0178 e. The van der Waals surface area contributed by atoms with Crippen LogP contribution < -0.4 is 5.73 Å². The largest absolute Gasteiger partial charge is 0.330 e. The van der Waals surface area contributed by atoms with Crippen molar-refractivity contribution in [3.8, 4) is 0 Å². The molecule has 0 heterocycles. The zero-order chi connectivity index (χ0) is 8.97. The van der Waals surface area contributed by atoms with E-state index in [1.807, 2.05) is 0 Å². The van der Waals surface area contributed by atoms with Crippen molar-refractivity contribution in [1.82, 2.24) is 0 Å². The first-order valence-electron chi connectivity index (χ1n) is 4.25. The van der Waals surface area contributed by atoms with Crippen LogP contribution in [-0.4, -0.2) is 6.54 Å². The molecule has 0 aliphatic carbocycles. The molecule has 1 nitrogen and oxygen atoms in total. The first-order chi connectivity index (χ1) is 5.77. The minimum Gasteiger partial charge on any atom is -0.330 e. The third-order valence-corrected chi connectivity index (χ3v) is 2.46. The van der Waals surface area contributed by atoms with Gasteiger partial charge in [-0.15, -0.1) is 0 Å². The van der Waals surface area contributed by atoms with E-state index in [2.05, 4.69) is 41.1 Å². The second-order valence-electron chi connectivity index (χ2n) is 2.81. The fraction of sp³-hybridized carbons (Fsp3) is 0.400. The summed E-state index contributed by atoms with van der Waals surface area (Å²) in [6.07, 6.45) is 2.06. The highest BCUT2D eigenvalue weighted by Gasteiger charge is 1.99. The average molecular weight is 228 g/mol. The number of nitrogens with two attached hydrogens (primary N) is 1. The summed E-state index contributed by atoms with van der Waals surface area (Å²) in [4.78, 5) is 0. The maximum absolute atomic E-state index is 5.52. The average Bonchev–Trinajstić information content (AvgIpc) is 2.05. The van der Waals surface area contributed by atoms with Crippen LogP contribution in [0.2, 0.25) is 0 Å². The second kappa shape index (κ2) is 4.63. The van der Waals surface area contributed by atoms with Crippen molar-refractivity contribution in [1.29, 1.82) is 0 Å². The molecule has 2 N–H and O–H groups in total.